The van der Waals surface area contributed by atoms with Crippen LogP contribution in [0.25, 0.3) is 0 Å². The van der Waals surface area contributed by atoms with Crippen molar-refractivity contribution >= 4 is 0 Å². The van der Waals surface area contributed by atoms with Gasteiger partial charge in [-0.2, -0.15) is 0 Å². The molecule has 0 saturated heterocycles. The molecule has 2 rings (SSSR count). The van der Waals surface area contributed by atoms with Gasteiger partial charge in [-0.05, 0) is 20.0 Å². The van der Waals surface area contributed by atoms with Crippen molar-refractivity contribution in [1.29, 1.82) is 0 Å². The number of hydrogen-bond donors (Lipinski definition) is 1. The maximum absolute atomic E-state index is 4.40. The van der Waals surface area contributed by atoms with E-state index < -0.39 is 0 Å². The van der Waals surface area contributed by atoms with Gasteiger partial charge in [0, 0.05) is 38.4 Å². The Hall–Kier alpha value is -1.62. The molecule has 0 aliphatic carbocycles. The van der Waals surface area contributed by atoms with Gasteiger partial charge in [-0.1, -0.05) is 0 Å². The molecule has 2 aromatic rings. The van der Waals surface area contributed by atoms with Crippen molar-refractivity contribution in [3.63, 3.8) is 0 Å². The Morgan fingerprint density at radius 1 is 1.18 bits per heavy atom. The molecule has 0 aliphatic heterocycles. The van der Waals surface area contributed by atoms with Crippen molar-refractivity contribution in [2.45, 2.75) is 19.4 Å². The van der Waals surface area contributed by atoms with Crippen LogP contribution in [-0.2, 0) is 20.0 Å². The number of hydrogen-bond acceptors (Lipinski definition) is 3. The van der Waals surface area contributed by atoms with Crippen molar-refractivity contribution in [3.8, 4) is 0 Å². The Labute approximate surface area is 102 Å². The van der Waals surface area contributed by atoms with Gasteiger partial charge in [-0.3, -0.25) is 0 Å². The lowest BCUT2D eigenvalue weighted by Crippen LogP contribution is -2.13. The van der Waals surface area contributed by atoms with E-state index in [9.17, 15) is 0 Å². The quantitative estimate of drug-likeness (QED) is 0.751. The number of aromatic nitrogens is 4. The van der Waals surface area contributed by atoms with Gasteiger partial charge >= 0.3 is 0 Å². The molecule has 0 spiro atoms. The molecule has 1 N–H and O–H groups in total. The van der Waals surface area contributed by atoms with Crippen molar-refractivity contribution in [2.75, 3.05) is 13.6 Å². The third-order valence-electron chi connectivity index (χ3n) is 2.86. The predicted molar refractivity (Wildman–Crippen MR) is 66.8 cm³/mol. The van der Waals surface area contributed by atoms with Crippen LogP contribution in [0.4, 0.5) is 0 Å². The third-order valence-corrected chi connectivity index (χ3v) is 2.86. The van der Waals surface area contributed by atoms with Gasteiger partial charge in [0.2, 0.25) is 0 Å². The van der Waals surface area contributed by atoms with Gasteiger partial charge in [-0.25, -0.2) is 9.97 Å². The average molecular weight is 233 g/mol. The second-order valence-corrected chi connectivity index (χ2v) is 4.13. The summed E-state index contributed by atoms with van der Waals surface area (Å²) in [6, 6.07) is 0. The summed E-state index contributed by atoms with van der Waals surface area (Å²) in [4.78, 5) is 8.73. The minimum atomic E-state index is 0.788. The Morgan fingerprint density at radius 2 is 1.94 bits per heavy atom. The average Bonchev–Trinajstić information content (AvgIpc) is 2.91. The smallest absolute Gasteiger partial charge is 0.116 e. The fourth-order valence-corrected chi connectivity index (χ4v) is 1.85. The molecule has 0 amide bonds. The second-order valence-electron chi connectivity index (χ2n) is 4.13. The standard InChI is InChI=1S/C12H19N5/c1-13-4-3-7-17-9-6-15-12(17)10-11-14-5-8-16(11)2/h5-6,8-9,13H,3-4,7,10H2,1-2H3. The molecule has 17 heavy (non-hydrogen) atoms. The topological polar surface area (TPSA) is 47.7 Å². The second kappa shape index (κ2) is 5.63. The zero-order valence-corrected chi connectivity index (χ0v) is 10.4. The number of imidazole rings is 2. The molecular formula is C12H19N5. The lowest BCUT2D eigenvalue weighted by atomic mass is 10.3. The van der Waals surface area contributed by atoms with E-state index in [-0.39, 0.29) is 0 Å². The van der Waals surface area contributed by atoms with Crippen molar-refractivity contribution in [1.82, 2.24) is 24.4 Å². The van der Waals surface area contributed by atoms with Crippen molar-refractivity contribution in [3.05, 3.63) is 36.4 Å². The molecule has 0 saturated carbocycles. The van der Waals surface area contributed by atoms with Crippen LogP contribution in [0.5, 0.6) is 0 Å². The molecule has 5 heteroatoms. The molecule has 2 aromatic heterocycles. The Kier molecular flexibility index (Phi) is 3.93. The first-order valence-corrected chi connectivity index (χ1v) is 5.92. The van der Waals surface area contributed by atoms with E-state index in [1.807, 2.05) is 43.4 Å². The zero-order chi connectivity index (χ0) is 12.1. The summed E-state index contributed by atoms with van der Waals surface area (Å²) in [5, 5.41) is 3.15. The predicted octanol–water partition coefficient (Wildman–Crippen LogP) is 0.817. The highest BCUT2D eigenvalue weighted by Crippen LogP contribution is 2.06. The highest BCUT2D eigenvalue weighted by Gasteiger charge is 2.06. The maximum Gasteiger partial charge on any atom is 0.116 e. The van der Waals surface area contributed by atoms with Gasteiger partial charge in [0.05, 0.1) is 6.42 Å². The molecular weight excluding hydrogens is 214 g/mol. The SMILES string of the molecule is CNCCCn1ccnc1Cc1nccn1C. The first kappa shape index (κ1) is 11.9. The summed E-state index contributed by atoms with van der Waals surface area (Å²) in [7, 11) is 3.99. The summed E-state index contributed by atoms with van der Waals surface area (Å²) in [5.41, 5.74) is 0. The number of rotatable bonds is 6. The van der Waals surface area contributed by atoms with E-state index in [0.717, 1.165) is 37.6 Å². The summed E-state index contributed by atoms with van der Waals surface area (Å²) in [6.45, 7) is 2.03. The van der Waals surface area contributed by atoms with Crippen LogP contribution in [0.3, 0.4) is 0 Å². The van der Waals surface area contributed by atoms with Gasteiger partial charge in [0.1, 0.15) is 11.6 Å². The maximum atomic E-state index is 4.40. The Morgan fingerprint density at radius 3 is 2.65 bits per heavy atom. The largest absolute Gasteiger partial charge is 0.338 e. The van der Waals surface area contributed by atoms with E-state index in [1.54, 1.807) is 0 Å². The number of nitrogens with zero attached hydrogens (tertiary/aromatic N) is 4. The van der Waals surface area contributed by atoms with E-state index in [2.05, 4.69) is 19.9 Å². The molecule has 0 radical (unpaired) electrons. The summed E-state index contributed by atoms with van der Waals surface area (Å²) < 4.78 is 4.23. The van der Waals surface area contributed by atoms with Crippen LogP contribution in [-0.4, -0.2) is 32.7 Å². The van der Waals surface area contributed by atoms with Gasteiger partial charge in [0.25, 0.3) is 0 Å². The Balaban J connectivity index is 2.01. The minimum Gasteiger partial charge on any atom is -0.338 e. The summed E-state index contributed by atoms with van der Waals surface area (Å²) >= 11 is 0. The molecule has 0 aliphatic rings. The normalized spacial score (nSPS) is 10.9. The molecule has 0 unspecified atom stereocenters. The molecule has 92 valence electrons. The zero-order valence-electron chi connectivity index (χ0n) is 10.4. The number of nitrogens with one attached hydrogen (secondary N) is 1. The summed E-state index contributed by atoms with van der Waals surface area (Å²) in [6.07, 6.45) is 9.58. The van der Waals surface area contributed by atoms with E-state index in [0.29, 0.717) is 0 Å². The monoisotopic (exact) mass is 233 g/mol. The molecule has 2 heterocycles. The Bertz CT molecular complexity index is 457. The van der Waals surface area contributed by atoms with E-state index >= 15 is 0 Å². The van der Waals surface area contributed by atoms with E-state index in [4.69, 9.17) is 0 Å². The van der Waals surface area contributed by atoms with Crippen molar-refractivity contribution in [2.24, 2.45) is 7.05 Å². The van der Waals surface area contributed by atoms with Gasteiger partial charge in [-0.15, -0.1) is 0 Å². The lowest BCUT2D eigenvalue weighted by molar-refractivity contribution is 0.590. The van der Waals surface area contributed by atoms with Crippen molar-refractivity contribution < 1.29 is 0 Å². The molecule has 0 fully saturated rings. The first-order valence-electron chi connectivity index (χ1n) is 5.92. The molecule has 0 aromatic carbocycles. The van der Waals surface area contributed by atoms with Gasteiger partial charge in [0.15, 0.2) is 0 Å². The molecule has 0 bridgehead atoms. The summed E-state index contributed by atoms with van der Waals surface area (Å²) in [5.74, 6) is 2.13. The van der Waals surface area contributed by atoms with Crippen LogP contribution >= 0.6 is 0 Å². The third kappa shape index (κ3) is 2.94. The van der Waals surface area contributed by atoms with Gasteiger partial charge < -0.3 is 14.5 Å². The van der Waals surface area contributed by atoms with Crippen LogP contribution < -0.4 is 5.32 Å². The molecule has 5 nitrogen and oxygen atoms in total. The fourth-order valence-electron chi connectivity index (χ4n) is 1.85. The minimum absolute atomic E-state index is 0.788. The highest BCUT2D eigenvalue weighted by molar-refractivity contribution is 5.04. The van der Waals surface area contributed by atoms with E-state index in [1.165, 1.54) is 0 Å². The van der Waals surface area contributed by atoms with Crippen LogP contribution in [0, 0.1) is 0 Å². The number of aryl methyl sites for hydroxylation is 2. The van der Waals surface area contributed by atoms with Crippen LogP contribution in [0.2, 0.25) is 0 Å². The fraction of sp³-hybridized carbons (Fsp3) is 0.500. The van der Waals surface area contributed by atoms with Crippen LogP contribution in [0.15, 0.2) is 24.8 Å². The molecule has 0 atom stereocenters. The lowest BCUT2D eigenvalue weighted by Gasteiger charge is -2.07. The first-order chi connectivity index (χ1) is 8.31. The van der Waals surface area contributed by atoms with Crippen LogP contribution in [0.1, 0.15) is 18.1 Å². The highest BCUT2D eigenvalue weighted by atomic mass is 15.1.